The molecule has 2 aliphatic rings. The molecule has 3 amide bonds. The van der Waals surface area contributed by atoms with Gasteiger partial charge in [-0.05, 0) is 48.8 Å². The summed E-state index contributed by atoms with van der Waals surface area (Å²) in [5.74, 6) is -0.254. The minimum absolute atomic E-state index is 0.000515. The van der Waals surface area contributed by atoms with Crippen LogP contribution in [0.15, 0.2) is 84.5 Å². The molecule has 0 bridgehead atoms. The zero-order valence-electron chi connectivity index (χ0n) is 23.2. The quantitative estimate of drug-likeness (QED) is 0.327. The van der Waals surface area contributed by atoms with E-state index in [0.717, 1.165) is 29.0 Å². The number of nitrogens with zero attached hydrogens (tertiary/aromatic N) is 5. The summed E-state index contributed by atoms with van der Waals surface area (Å²) in [5.41, 5.74) is 2.73. The van der Waals surface area contributed by atoms with Gasteiger partial charge in [0.2, 0.25) is 0 Å². The second-order valence-electron chi connectivity index (χ2n) is 10.7. The van der Waals surface area contributed by atoms with Gasteiger partial charge in [0, 0.05) is 31.7 Å². The third-order valence-electron chi connectivity index (χ3n) is 8.14. The highest BCUT2D eigenvalue weighted by atomic mass is 32.1. The lowest BCUT2D eigenvalue weighted by molar-refractivity contribution is -0.121. The molecular weight excluding hydrogens is 550 g/mol. The van der Waals surface area contributed by atoms with Crippen LogP contribution in [0.1, 0.15) is 41.4 Å². The average molecular weight is 584 g/mol. The first-order valence-electron chi connectivity index (χ1n) is 14.3. The van der Waals surface area contributed by atoms with Crippen LogP contribution < -0.4 is 4.90 Å². The van der Waals surface area contributed by atoms with Crippen molar-refractivity contribution in [2.75, 3.05) is 31.1 Å². The predicted molar refractivity (Wildman–Crippen MR) is 162 cm³/mol. The third-order valence-corrected chi connectivity index (χ3v) is 9.03. The lowest BCUT2D eigenvalue weighted by Crippen LogP contribution is -2.57. The number of aromatic nitrogens is 2. The summed E-state index contributed by atoms with van der Waals surface area (Å²) in [6.07, 6.45) is 3.60. The van der Waals surface area contributed by atoms with Crippen LogP contribution in [-0.2, 0) is 11.2 Å². The minimum atomic E-state index is -0.989. The number of amides is 3. The van der Waals surface area contributed by atoms with Crippen molar-refractivity contribution in [3.8, 4) is 11.3 Å². The normalized spacial score (nSPS) is 19.5. The van der Waals surface area contributed by atoms with Gasteiger partial charge in [-0.15, -0.1) is 11.3 Å². The smallest absolute Gasteiger partial charge is 0.407 e. The van der Waals surface area contributed by atoms with Crippen LogP contribution in [0.2, 0.25) is 0 Å². The average Bonchev–Trinajstić information content (AvgIpc) is 3.67. The lowest BCUT2D eigenvalue weighted by atomic mass is 10.0. The molecule has 1 unspecified atom stereocenters. The Morgan fingerprint density at radius 1 is 0.929 bits per heavy atom. The summed E-state index contributed by atoms with van der Waals surface area (Å²) >= 11 is 1.55. The second kappa shape index (κ2) is 12.2. The maximum atomic E-state index is 14.4. The number of benzene rings is 2. The van der Waals surface area contributed by atoms with Crippen molar-refractivity contribution in [3.05, 3.63) is 95.8 Å². The van der Waals surface area contributed by atoms with Crippen LogP contribution in [0, 0.1) is 0 Å². The van der Waals surface area contributed by atoms with Crippen molar-refractivity contribution in [2.45, 2.75) is 37.8 Å². The molecule has 2 atom stereocenters. The van der Waals surface area contributed by atoms with E-state index in [0.29, 0.717) is 25.1 Å². The van der Waals surface area contributed by atoms with Gasteiger partial charge in [0.15, 0.2) is 5.69 Å². The van der Waals surface area contributed by atoms with Gasteiger partial charge in [0.1, 0.15) is 6.04 Å². The van der Waals surface area contributed by atoms with Crippen molar-refractivity contribution in [2.24, 2.45) is 0 Å². The zero-order chi connectivity index (χ0) is 29.1. The molecule has 2 fully saturated rings. The molecule has 0 spiro atoms. The first-order chi connectivity index (χ1) is 20.5. The van der Waals surface area contributed by atoms with Crippen LogP contribution >= 0.6 is 11.3 Å². The van der Waals surface area contributed by atoms with E-state index in [1.165, 1.54) is 4.90 Å². The Balaban J connectivity index is 1.38. The Kier molecular flexibility index (Phi) is 8.05. The molecule has 4 heterocycles. The molecule has 9 nitrogen and oxygen atoms in total. The molecule has 6 rings (SSSR count). The van der Waals surface area contributed by atoms with Gasteiger partial charge in [-0.2, -0.15) is 0 Å². The van der Waals surface area contributed by atoms with E-state index in [1.807, 2.05) is 87.6 Å². The number of imidazole rings is 1. The van der Waals surface area contributed by atoms with E-state index in [4.69, 9.17) is 0 Å². The van der Waals surface area contributed by atoms with Crippen molar-refractivity contribution >= 4 is 34.2 Å². The van der Waals surface area contributed by atoms with E-state index in [9.17, 15) is 19.5 Å². The molecule has 216 valence electrons. The largest absolute Gasteiger partial charge is 0.465 e. The molecular formula is C32H33N5O4S. The van der Waals surface area contributed by atoms with Gasteiger partial charge >= 0.3 is 6.09 Å². The molecule has 2 aromatic carbocycles. The molecule has 0 saturated carbocycles. The molecule has 1 N–H and O–H groups in total. The summed E-state index contributed by atoms with van der Waals surface area (Å²) in [7, 11) is 0. The number of carbonyl (C=O) groups excluding carboxylic acids is 2. The Labute approximate surface area is 248 Å². The lowest BCUT2D eigenvalue weighted by Gasteiger charge is -2.40. The summed E-state index contributed by atoms with van der Waals surface area (Å²) in [6, 6.07) is 22.5. The van der Waals surface area contributed by atoms with Crippen molar-refractivity contribution < 1.29 is 19.5 Å². The summed E-state index contributed by atoms with van der Waals surface area (Å²) in [5, 5.41) is 12.6. The Hall–Kier alpha value is -4.44. The van der Waals surface area contributed by atoms with Crippen LogP contribution in [-0.4, -0.2) is 74.6 Å². The number of carboxylic acid groups (broad SMARTS) is 1. The number of hydrogen-bond acceptors (Lipinski definition) is 5. The molecule has 0 radical (unpaired) electrons. The van der Waals surface area contributed by atoms with E-state index >= 15 is 0 Å². The van der Waals surface area contributed by atoms with E-state index in [-0.39, 0.29) is 43.2 Å². The maximum Gasteiger partial charge on any atom is 0.407 e. The molecule has 4 aromatic rings. The Morgan fingerprint density at radius 3 is 2.40 bits per heavy atom. The maximum absolute atomic E-state index is 14.4. The molecule has 2 aromatic heterocycles. The number of piperazine rings is 1. The minimum Gasteiger partial charge on any atom is -0.465 e. The molecule has 2 aliphatic heterocycles. The Bertz CT molecular complexity index is 1540. The van der Waals surface area contributed by atoms with Crippen LogP contribution in [0.3, 0.4) is 0 Å². The Morgan fingerprint density at radius 2 is 1.69 bits per heavy atom. The number of carbonyl (C=O) groups is 3. The first kappa shape index (κ1) is 27.7. The second-order valence-corrected chi connectivity index (χ2v) is 11.7. The molecule has 42 heavy (non-hydrogen) atoms. The standard InChI is InChI=1S/C32H33N5O4S/c38-30-26(14-7-8-16-36(30)27-15-9-19-42-27)37-22-33-28(29(37)24-12-5-2-6-13-24)31(39)35-18-17-34(32(40)41)21-25(35)20-23-10-3-1-4-11-23/h1-6,9-13,15,19,22,25-26H,7-8,14,16-18,20-21H2,(H,40,41)/t25-,26?/m1/s1. The monoisotopic (exact) mass is 583 g/mol. The number of hydrogen-bond donors (Lipinski definition) is 1. The topological polar surface area (TPSA) is 99.0 Å². The molecule has 0 aliphatic carbocycles. The highest BCUT2D eigenvalue weighted by Crippen LogP contribution is 2.35. The van der Waals surface area contributed by atoms with Crippen LogP contribution in [0.4, 0.5) is 9.80 Å². The third kappa shape index (κ3) is 5.54. The highest BCUT2D eigenvalue weighted by Gasteiger charge is 2.37. The fourth-order valence-electron chi connectivity index (χ4n) is 6.05. The first-order valence-corrected chi connectivity index (χ1v) is 15.2. The van der Waals surface area contributed by atoms with Gasteiger partial charge in [-0.25, -0.2) is 9.78 Å². The van der Waals surface area contributed by atoms with Gasteiger partial charge < -0.3 is 24.4 Å². The fraction of sp³-hybridized carbons (Fsp3) is 0.312. The van der Waals surface area contributed by atoms with Gasteiger partial charge in [0.25, 0.3) is 11.8 Å². The number of thiophene rings is 1. The van der Waals surface area contributed by atoms with Gasteiger partial charge in [-0.1, -0.05) is 60.7 Å². The van der Waals surface area contributed by atoms with Crippen LogP contribution in [0.25, 0.3) is 11.3 Å². The summed E-state index contributed by atoms with van der Waals surface area (Å²) in [4.78, 5) is 49.9. The predicted octanol–water partition coefficient (Wildman–Crippen LogP) is 5.42. The van der Waals surface area contributed by atoms with Gasteiger partial charge in [-0.3, -0.25) is 9.59 Å². The molecule has 10 heteroatoms. The van der Waals surface area contributed by atoms with Crippen molar-refractivity contribution in [1.29, 1.82) is 0 Å². The number of rotatable bonds is 6. The summed E-state index contributed by atoms with van der Waals surface area (Å²) in [6.45, 7) is 1.36. The van der Waals surface area contributed by atoms with Gasteiger partial charge in [0.05, 0.1) is 23.1 Å². The van der Waals surface area contributed by atoms with E-state index < -0.39 is 12.1 Å². The van der Waals surface area contributed by atoms with E-state index in [2.05, 4.69) is 4.98 Å². The molecule has 2 saturated heterocycles. The zero-order valence-corrected chi connectivity index (χ0v) is 24.0. The fourth-order valence-corrected chi connectivity index (χ4v) is 6.81. The van der Waals surface area contributed by atoms with E-state index in [1.54, 1.807) is 22.6 Å². The highest BCUT2D eigenvalue weighted by molar-refractivity contribution is 7.14. The van der Waals surface area contributed by atoms with Crippen molar-refractivity contribution in [1.82, 2.24) is 19.4 Å². The summed E-state index contributed by atoms with van der Waals surface area (Å²) < 4.78 is 1.89. The van der Waals surface area contributed by atoms with Crippen molar-refractivity contribution in [3.63, 3.8) is 0 Å². The SMILES string of the molecule is O=C(O)N1CCN(C(=O)c2ncn(C3CCCCN(c4cccs4)C3=O)c2-c2ccccc2)[C@H](Cc2ccccc2)C1. The number of anilines is 1. The van der Waals surface area contributed by atoms with Crippen LogP contribution in [0.5, 0.6) is 0 Å².